The molecule has 202 valence electrons. The van der Waals surface area contributed by atoms with Crippen LogP contribution in [0.3, 0.4) is 0 Å². The zero-order valence-corrected chi connectivity index (χ0v) is 23.7. The second-order valence-corrected chi connectivity index (χ2v) is 10.0. The summed E-state index contributed by atoms with van der Waals surface area (Å²) in [5.41, 5.74) is 4.61. The summed E-state index contributed by atoms with van der Waals surface area (Å²) >= 11 is 1.57. The van der Waals surface area contributed by atoms with E-state index in [1.165, 1.54) is 44.3 Å². The minimum atomic E-state index is -1.00. The van der Waals surface area contributed by atoms with E-state index < -0.39 is 12.0 Å². The van der Waals surface area contributed by atoms with Crippen LogP contribution in [-0.2, 0) is 11.2 Å². The van der Waals surface area contributed by atoms with Crippen LogP contribution < -0.4 is 10.6 Å². The van der Waals surface area contributed by atoms with Crippen molar-refractivity contribution in [1.82, 2.24) is 10.6 Å². The molecule has 0 aliphatic carbocycles. The van der Waals surface area contributed by atoms with Crippen molar-refractivity contribution < 1.29 is 14.7 Å². The van der Waals surface area contributed by atoms with Gasteiger partial charge in [-0.3, -0.25) is 4.79 Å². The number of carbonyl (C=O) groups is 2. The first-order valence-electron chi connectivity index (χ1n) is 13.3. The van der Waals surface area contributed by atoms with Crippen LogP contribution in [0.25, 0.3) is 11.1 Å². The number of nitrogens with one attached hydrogen (secondary N) is 2. The maximum absolute atomic E-state index is 12.9. The zero-order chi connectivity index (χ0) is 26.8. The number of thioether (sulfide) groups is 1. The summed E-state index contributed by atoms with van der Waals surface area (Å²) in [6.07, 6.45) is 9.53. The Hall–Kier alpha value is -1.71. The molecule has 0 radical (unpaired) electrons. The molecule has 2 rings (SSSR count). The third-order valence-corrected chi connectivity index (χ3v) is 6.57. The van der Waals surface area contributed by atoms with E-state index in [1.54, 1.807) is 11.8 Å². The predicted molar refractivity (Wildman–Crippen MR) is 162 cm³/mol. The van der Waals surface area contributed by atoms with E-state index in [9.17, 15) is 14.7 Å². The molecular weight excluding hydrogens is 475 g/mol. The first-order chi connectivity index (χ1) is 17.4. The predicted octanol–water partition coefficient (Wildman–Crippen LogP) is 6.08. The van der Waals surface area contributed by atoms with Gasteiger partial charge in [0, 0.05) is 5.56 Å². The number of amides is 1. The van der Waals surface area contributed by atoms with Gasteiger partial charge in [0.2, 0.25) is 0 Å². The van der Waals surface area contributed by atoms with Gasteiger partial charge in [-0.15, -0.1) is 0 Å². The molecule has 0 heterocycles. The molecule has 2 aromatic carbocycles. The molecule has 0 bridgehead atoms. The van der Waals surface area contributed by atoms with Crippen molar-refractivity contribution in [3.05, 3.63) is 59.2 Å². The average Bonchev–Trinajstić information content (AvgIpc) is 2.87. The van der Waals surface area contributed by atoms with Gasteiger partial charge in [-0.25, -0.2) is 4.79 Å². The summed E-state index contributed by atoms with van der Waals surface area (Å²) in [5.74, 6) is -0.667. The van der Waals surface area contributed by atoms with Gasteiger partial charge >= 0.3 is 24.8 Å². The number of hydrogen-bond donors (Lipinski definition) is 3. The normalized spacial score (nSPS) is 11.1. The van der Waals surface area contributed by atoms with Crippen LogP contribution in [0.15, 0.2) is 42.5 Å². The molecule has 3 N–H and O–H groups in total. The quantitative estimate of drug-likeness (QED) is 0.195. The van der Waals surface area contributed by atoms with Crippen LogP contribution >= 0.6 is 11.8 Å². The van der Waals surface area contributed by atoms with E-state index in [4.69, 9.17) is 0 Å². The number of unbranched alkanes of at least 4 members (excludes halogenated alkanes) is 2. The number of rotatable bonds is 15. The van der Waals surface area contributed by atoms with Crippen molar-refractivity contribution >= 4 is 42.5 Å². The van der Waals surface area contributed by atoms with E-state index in [1.807, 2.05) is 49.6 Å². The molecule has 0 saturated heterocycles. The average molecular weight is 523 g/mol. The van der Waals surface area contributed by atoms with Crippen molar-refractivity contribution in [3.8, 4) is 11.1 Å². The zero-order valence-electron chi connectivity index (χ0n) is 22.9. The molecule has 0 saturated carbocycles. The fraction of sp³-hybridized carbons (Fsp3) is 0.533. The van der Waals surface area contributed by atoms with Gasteiger partial charge < -0.3 is 15.7 Å². The van der Waals surface area contributed by atoms with Gasteiger partial charge in [0.05, 0.1) is 0 Å². The Balaban J connectivity index is 0.00000111. The summed E-state index contributed by atoms with van der Waals surface area (Å²) < 4.78 is 0. The molecule has 37 heavy (non-hydrogen) atoms. The Morgan fingerprint density at radius 1 is 0.946 bits per heavy atom. The third-order valence-electron chi connectivity index (χ3n) is 5.93. The number of carboxylic acid groups (broad SMARTS) is 1. The minimum absolute atomic E-state index is 0. The molecule has 0 fully saturated rings. The van der Waals surface area contributed by atoms with Crippen molar-refractivity contribution in [2.75, 3.05) is 25.1 Å². The third kappa shape index (κ3) is 13.6. The van der Waals surface area contributed by atoms with Gasteiger partial charge in [0.25, 0.3) is 5.91 Å². The van der Waals surface area contributed by atoms with Crippen LogP contribution in [0, 0.1) is 6.92 Å². The topological polar surface area (TPSA) is 78.4 Å². The van der Waals surface area contributed by atoms with Gasteiger partial charge in [-0.2, -0.15) is 11.8 Å². The molecule has 0 aromatic heterocycles. The van der Waals surface area contributed by atoms with E-state index in [-0.39, 0.29) is 24.8 Å². The van der Waals surface area contributed by atoms with Crippen molar-refractivity contribution in [1.29, 1.82) is 0 Å². The Morgan fingerprint density at radius 3 is 2.14 bits per heavy atom. The number of carbonyl (C=O) groups excluding carboxylic acids is 1. The van der Waals surface area contributed by atoms with E-state index in [0.717, 1.165) is 29.5 Å². The molecule has 0 aliphatic heterocycles. The molecule has 0 spiro atoms. The molecular formula is C30H47LiN2O3S. The fourth-order valence-electron chi connectivity index (χ4n) is 3.79. The van der Waals surface area contributed by atoms with Crippen molar-refractivity contribution in [2.45, 2.75) is 78.7 Å². The molecule has 7 heteroatoms. The van der Waals surface area contributed by atoms with Gasteiger partial charge in [-0.1, -0.05) is 76.4 Å². The van der Waals surface area contributed by atoms with Gasteiger partial charge in [-0.05, 0) is 86.0 Å². The number of aryl methyl sites for hydroxylation is 2. The van der Waals surface area contributed by atoms with E-state index in [2.05, 4.69) is 37.5 Å². The SMILES string of the molecule is CCCCNCCCC.CCCc1ccc(C(=O)NC(CCSC)C(=O)O)c(-c2ccccc2C)c1.[LiH]. The van der Waals surface area contributed by atoms with Crippen LogP contribution in [0.5, 0.6) is 0 Å². The van der Waals surface area contributed by atoms with Crippen LogP contribution in [-0.4, -0.2) is 67.0 Å². The molecule has 1 unspecified atom stereocenters. The van der Waals surface area contributed by atoms with Crippen molar-refractivity contribution in [3.63, 3.8) is 0 Å². The monoisotopic (exact) mass is 522 g/mol. The van der Waals surface area contributed by atoms with E-state index >= 15 is 0 Å². The van der Waals surface area contributed by atoms with Gasteiger partial charge in [0.15, 0.2) is 0 Å². The summed E-state index contributed by atoms with van der Waals surface area (Å²) in [6.45, 7) is 11.0. The second kappa shape index (κ2) is 21.2. The number of aliphatic carboxylic acids is 1. The summed E-state index contributed by atoms with van der Waals surface area (Å²) in [5, 5.41) is 15.5. The van der Waals surface area contributed by atoms with Crippen LogP contribution in [0.2, 0.25) is 0 Å². The maximum atomic E-state index is 12.9. The van der Waals surface area contributed by atoms with Crippen molar-refractivity contribution in [2.24, 2.45) is 0 Å². The molecule has 1 atom stereocenters. The summed E-state index contributed by atoms with van der Waals surface area (Å²) in [4.78, 5) is 24.4. The number of benzene rings is 2. The Labute approximate surface area is 241 Å². The van der Waals surface area contributed by atoms with Crippen LogP contribution in [0.1, 0.15) is 80.8 Å². The number of carboxylic acids is 1. The molecule has 0 aliphatic rings. The Bertz CT molecular complexity index is 917. The summed E-state index contributed by atoms with van der Waals surface area (Å²) in [7, 11) is 0. The van der Waals surface area contributed by atoms with Crippen LogP contribution in [0.4, 0.5) is 0 Å². The van der Waals surface area contributed by atoms with E-state index in [0.29, 0.717) is 17.7 Å². The molecule has 1 amide bonds. The first kappa shape index (κ1) is 35.3. The number of hydrogen-bond acceptors (Lipinski definition) is 4. The Morgan fingerprint density at radius 2 is 1.59 bits per heavy atom. The first-order valence-corrected chi connectivity index (χ1v) is 14.7. The standard InChI is InChI=1S/C22H27NO3S.C8H19N.Li.H/c1-4-7-16-10-11-18(19(14-16)17-9-6-5-8-15(17)2)21(24)23-20(22(25)26)12-13-27-3;1-3-5-7-9-8-6-4-2;;/h5-6,8-11,14,20H,4,7,12-13H2,1-3H3,(H,23,24)(H,25,26);9H,3-8H2,1-2H3;;. The van der Waals surface area contributed by atoms with Gasteiger partial charge in [0.1, 0.15) is 6.04 Å². The summed E-state index contributed by atoms with van der Waals surface area (Å²) in [6, 6.07) is 12.9. The molecule has 2 aromatic rings. The second-order valence-electron chi connectivity index (χ2n) is 9.05. The molecule has 5 nitrogen and oxygen atoms in total. The fourth-order valence-corrected chi connectivity index (χ4v) is 4.26. The Kier molecular flexibility index (Phi) is 20.3.